The molecule has 0 bridgehead atoms. The Morgan fingerprint density at radius 2 is 1.84 bits per heavy atom. The first-order chi connectivity index (χ1) is 11.7. The number of halogens is 1. The zero-order valence-corrected chi connectivity index (χ0v) is 16.6. The molecule has 0 spiro atoms. The van der Waals surface area contributed by atoms with Crippen molar-refractivity contribution in [3.8, 4) is 0 Å². The van der Waals surface area contributed by atoms with E-state index in [0.29, 0.717) is 23.3 Å². The highest BCUT2D eigenvalue weighted by Gasteiger charge is 2.32. The van der Waals surface area contributed by atoms with E-state index >= 15 is 0 Å². The maximum absolute atomic E-state index is 12.7. The highest BCUT2D eigenvalue weighted by Crippen LogP contribution is 2.23. The van der Waals surface area contributed by atoms with Gasteiger partial charge in [-0.15, -0.1) is 0 Å². The van der Waals surface area contributed by atoms with Crippen molar-refractivity contribution >= 4 is 31.9 Å². The molecule has 9 nitrogen and oxygen atoms in total. The molecule has 2 aromatic rings. The van der Waals surface area contributed by atoms with Crippen LogP contribution in [0.3, 0.4) is 0 Å². The second-order valence-corrected chi connectivity index (χ2v) is 8.65. The van der Waals surface area contributed by atoms with E-state index in [-0.39, 0.29) is 23.9 Å². The minimum Gasteiger partial charge on any atom is -0.335 e. The Morgan fingerprint density at radius 3 is 2.32 bits per heavy atom. The Morgan fingerprint density at radius 1 is 1.20 bits per heavy atom. The summed E-state index contributed by atoms with van der Waals surface area (Å²) < 4.78 is 30.3. The molecule has 0 aliphatic carbocycles. The van der Waals surface area contributed by atoms with Crippen molar-refractivity contribution in [1.82, 2.24) is 28.8 Å². The van der Waals surface area contributed by atoms with Crippen LogP contribution >= 0.6 is 15.9 Å². The summed E-state index contributed by atoms with van der Waals surface area (Å²) in [6.07, 6.45) is 2.81. The van der Waals surface area contributed by atoms with E-state index in [1.165, 1.54) is 21.4 Å². The van der Waals surface area contributed by atoms with Crippen LogP contribution in [0.2, 0.25) is 0 Å². The molecular formula is C14H19BrN6O3S. The van der Waals surface area contributed by atoms with E-state index in [1.54, 1.807) is 23.7 Å². The predicted molar refractivity (Wildman–Crippen MR) is 93.5 cm³/mol. The molecule has 3 rings (SSSR count). The molecule has 1 fully saturated rings. The third kappa shape index (κ3) is 3.23. The highest BCUT2D eigenvalue weighted by atomic mass is 79.9. The van der Waals surface area contributed by atoms with Crippen LogP contribution in [-0.2, 0) is 24.1 Å². The van der Waals surface area contributed by atoms with E-state index in [0.717, 1.165) is 5.69 Å². The first-order valence-electron chi connectivity index (χ1n) is 7.69. The number of hydrogen-bond donors (Lipinski definition) is 0. The maximum Gasteiger partial charge on any atom is 0.273 e. The standard InChI is InChI=1S/C14H19BrN6O3S/c1-10-12(15)13(19(3)17-10)14(22)20-4-6-21(7-5-20)25(23,24)11-8-16-18(2)9-11/h8-9H,4-7H2,1-3H3. The lowest BCUT2D eigenvalue weighted by Crippen LogP contribution is -2.50. The summed E-state index contributed by atoms with van der Waals surface area (Å²) in [5.41, 5.74) is 1.21. The summed E-state index contributed by atoms with van der Waals surface area (Å²) in [5.74, 6) is -0.159. The highest BCUT2D eigenvalue weighted by molar-refractivity contribution is 9.10. The van der Waals surface area contributed by atoms with Crippen LogP contribution in [0.25, 0.3) is 0 Å². The Balaban J connectivity index is 1.72. The molecule has 0 unspecified atom stereocenters. The molecule has 25 heavy (non-hydrogen) atoms. The first kappa shape index (κ1) is 18.1. The summed E-state index contributed by atoms with van der Waals surface area (Å²) in [5, 5.41) is 8.14. The molecule has 0 saturated carbocycles. The summed E-state index contributed by atoms with van der Waals surface area (Å²) in [6, 6.07) is 0. The number of amides is 1. The lowest BCUT2D eigenvalue weighted by Gasteiger charge is -2.33. The molecule has 1 aliphatic heterocycles. The fraction of sp³-hybridized carbons (Fsp3) is 0.500. The van der Waals surface area contributed by atoms with Gasteiger partial charge in [0.1, 0.15) is 10.6 Å². The van der Waals surface area contributed by atoms with Crippen molar-refractivity contribution in [2.75, 3.05) is 26.2 Å². The van der Waals surface area contributed by atoms with E-state index in [2.05, 4.69) is 26.1 Å². The van der Waals surface area contributed by atoms with Gasteiger partial charge in [0.2, 0.25) is 10.0 Å². The monoisotopic (exact) mass is 430 g/mol. The van der Waals surface area contributed by atoms with Gasteiger partial charge in [0.25, 0.3) is 5.91 Å². The van der Waals surface area contributed by atoms with Crippen LogP contribution in [0.5, 0.6) is 0 Å². The van der Waals surface area contributed by atoms with Gasteiger partial charge in [-0.1, -0.05) is 0 Å². The number of rotatable bonds is 3. The minimum absolute atomic E-state index is 0.159. The van der Waals surface area contributed by atoms with Gasteiger partial charge < -0.3 is 4.90 Å². The van der Waals surface area contributed by atoms with E-state index in [9.17, 15) is 13.2 Å². The molecule has 0 N–H and O–H groups in total. The normalized spacial score (nSPS) is 16.4. The molecule has 11 heteroatoms. The fourth-order valence-corrected chi connectivity index (χ4v) is 4.74. The minimum atomic E-state index is -3.58. The largest absolute Gasteiger partial charge is 0.335 e. The van der Waals surface area contributed by atoms with Gasteiger partial charge in [-0.25, -0.2) is 8.42 Å². The summed E-state index contributed by atoms with van der Waals surface area (Å²) in [7, 11) is -0.196. The van der Waals surface area contributed by atoms with Crippen LogP contribution in [0.15, 0.2) is 21.8 Å². The molecule has 0 aromatic carbocycles. The van der Waals surface area contributed by atoms with Crippen molar-refractivity contribution in [3.63, 3.8) is 0 Å². The van der Waals surface area contributed by atoms with Gasteiger partial charge in [-0.05, 0) is 22.9 Å². The average Bonchev–Trinajstić information content (AvgIpc) is 3.11. The van der Waals surface area contributed by atoms with Crippen molar-refractivity contribution in [3.05, 3.63) is 28.3 Å². The van der Waals surface area contributed by atoms with E-state index in [1.807, 2.05) is 6.92 Å². The topological polar surface area (TPSA) is 93.3 Å². The molecule has 1 amide bonds. The van der Waals surface area contributed by atoms with Gasteiger partial charge in [-0.2, -0.15) is 14.5 Å². The van der Waals surface area contributed by atoms with Crippen LogP contribution in [0.1, 0.15) is 16.2 Å². The lowest BCUT2D eigenvalue weighted by atomic mass is 10.3. The van der Waals surface area contributed by atoms with Gasteiger partial charge >= 0.3 is 0 Å². The zero-order chi connectivity index (χ0) is 18.4. The maximum atomic E-state index is 12.7. The molecule has 136 valence electrons. The molecular weight excluding hydrogens is 412 g/mol. The summed E-state index contributed by atoms with van der Waals surface area (Å²) in [6.45, 7) is 2.97. The third-order valence-electron chi connectivity index (χ3n) is 4.20. The van der Waals surface area contributed by atoms with E-state index < -0.39 is 10.0 Å². The number of aryl methyl sites for hydroxylation is 3. The van der Waals surface area contributed by atoms with Crippen molar-refractivity contribution in [2.45, 2.75) is 11.8 Å². The Labute approximate surface area is 154 Å². The predicted octanol–water partition coefficient (Wildman–Crippen LogP) is 0.371. The molecule has 1 aliphatic rings. The number of carbonyl (C=O) groups is 1. The van der Waals surface area contributed by atoms with Crippen molar-refractivity contribution in [1.29, 1.82) is 0 Å². The first-order valence-corrected chi connectivity index (χ1v) is 9.92. The zero-order valence-electron chi connectivity index (χ0n) is 14.2. The Kier molecular flexibility index (Phi) is 4.73. The molecule has 2 aromatic heterocycles. The third-order valence-corrected chi connectivity index (χ3v) is 7.00. The van der Waals surface area contributed by atoms with Gasteiger partial charge in [-0.3, -0.25) is 14.2 Å². The van der Waals surface area contributed by atoms with Crippen LogP contribution < -0.4 is 0 Å². The average molecular weight is 431 g/mol. The smallest absolute Gasteiger partial charge is 0.273 e. The summed E-state index contributed by atoms with van der Waals surface area (Å²) in [4.78, 5) is 14.6. The molecule has 0 atom stereocenters. The second kappa shape index (κ2) is 6.54. The SMILES string of the molecule is Cc1nn(C)c(C(=O)N2CCN(S(=O)(=O)c3cnn(C)c3)CC2)c1Br. The van der Waals surface area contributed by atoms with E-state index in [4.69, 9.17) is 0 Å². The second-order valence-electron chi connectivity index (χ2n) is 5.92. The molecule has 0 radical (unpaired) electrons. The Bertz CT molecular complexity index is 911. The quantitative estimate of drug-likeness (QED) is 0.700. The van der Waals surface area contributed by atoms with Crippen molar-refractivity contribution < 1.29 is 13.2 Å². The number of aromatic nitrogens is 4. The number of hydrogen-bond acceptors (Lipinski definition) is 5. The van der Waals surface area contributed by atoms with Crippen LogP contribution in [0, 0.1) is 6.92 Å². The number of piperazine rings is 1. The molecule has 1 saturated heterocycles. The van der Waals surface area contributed by atoms with Gasteiger partial charge in [0, 0.05) is 46.5 Å². The number of nitrogens with zero attached hydrogens (tertiary/aromatic N) is 6. The van der Waals surface area contributed by atoms with Gasteiger partial charge in [0.15, 0.2) is 0 Å². The van der Waals surface area contributed by atoms with Crippen molar-refractivity contribution in [2.24, 2.45) is 14.1 Å². The number of sulfonamides is 1. The Hall–Kier alpha value is -1.72. The fourth-order valence-electron chi connectivity index (χ4n) is 2.83. The lowest BCUT2D eigenvalue weighted by molar-refractivity contribution is 0.0686. The molecule has 3 heterocycles. The number of carbonyl (C=O) groups excluding carboxylic acids is 1. The van der Waals surface area contributed by atoms with Crippen LogP contribution in [-0.4, -0.2) is 69.3 Å². The van der Waals surface area contributed by atoms with Crippen LogP contribution in [0.4, 0.5) is 0 Å². The van der Waals surface area contributed by atoms with Gasteiger partial charge in [0.05, 0.1) is 16.4 Å². The summed E-state index contributed by atoms with van der Waals surface area (Å²) >= 11 is 3.40.